The number of carbonyl (C=O) groups excluding carboxylic acids is 1. The van der Waals surface area contributed by atoms with Crippen LogP contribution in [0.15, 0.2) is 29.8 Å². The predicted octanol–water partition coefficient (Wildman–Crippen LogP) is 2.81. The molecule has 0 saturated heterocycles. The number of amides is 1. The van der Waals surface area contributed by atoms with Crippen LogP contribution >= 0.6 is 0 Å². The van der Waals surface area contributed by atoms with Crippen molar-refractivity contribution >= 4 is 11.6 Å². The number of nitrogens with one attached hydrogen (secondary N) is 1. The van der Waals surface area contributed by atoms with Crippen LogP contribution in [0.4, 0.5) is 5.69 Å². The van der Waals surface area contributed by atoms with Crippen LogP contribution in [-0.2, 0) is 0 Å². The van der Waals surface area contributed by atoms with E-state index in [0.29, 0.717) is 17.8 Å². The first kappa shape index (κ1) is 12.7. The zero-order valence-electron chi connectivity index (χ0n) is 10.8. The van der Waals surface area contributed by atoms with E-state index in [2.05, 4.69) is 11.4 Å². The van der Waals surface area contributed by atoms with Crippen molar-refractivity contribution < 1.29 is 4.79 Å². The summed E-state index contributed by atoms with van der Waals surface area (Å²) in [5.74, 6) is -0.0656. The van der Waals surface area contributed by atoms with Crippen LogP contribution in [0.3, 0.4) is 0 Å². The summed E-state index contributed by atoms with van der Waals surface area (Å²) in [5.41, 5.74) is 9.39. The van der Waals surface area contributed by atoms with Gasteiger partial charge in [-0.2, -0.15) is 0 Å². The van der Waals surface area contributed by atoms with Crippen molar-refractivity contribution in [3.05, 3.63) is 41.0 Å². The number of hydrogen-bond donors (Lipinski definition) is 2. The van der Waals surface area contributed by atoms with Gasteiger partial charge in [0.2, 0.25) is 0 Å². The molecular formula is C15H20N2O. The first-order chi connectivity index (χ1) is 8.68. The lowest BCUT2D eigenvalue weighted by atomic mass is 10.1. The van der Waals surface area contributed by atoms with Crippen LogP contribution in [-0.4, -0.2) is 12.5 Å². The third-order valence-electron chi connectivity index (χ3n) is 3.40. The molecule has 3 nitrogen and oxygen atoms in total. The third-order valence-corrected chi connectivity index (χ3v) is 3.40. The highest BCUT2D eigenvalue weighted by atomic mass is 16.1. The Bertz CT molecular complexity index is 457. The summed E-state index contributed by atoms with van der Waals surface area (Å²) in [6.45, 7) is 2.60. The van der Waals surface area contributed by atoms with E-state index in [1.807, 2.05) is 19.1 Å². The Hall–Kier alpha value is -1.77. The molecule has 0 fully saturated rings. The van der Waals surface area contributed by atoms with Crippen molar-refractivity contribution in [1.29, 1.82) is 0 Å². The number of aryl methyl sites for hydroxylation is 1. The van der Waals surface area contributed by atoms with Crippen LogP contribution in [0, 0.1) is 6.92 Å². The minimum Gasteiger partial charge on any atom is -0.398 e. The van der Waals surface area contributed by atoms with E-state index in [1.54, 1.807) is 6.07 Å². The minimum atomic E-state index is -0.0656. The first-order valence-electron chi connectivity index (χ1n) is 6.49. The van der Waals surface area contributed by atoms with Gasteiger partial charge in [-0.3, -0.25) is 4.79 Å². The molecule has 1 aromatic carbocycles. The molecular weight excluding hydrogens is 224 g/mol. The Balaban J connectivity index is 1.91. The number of anilines is 1. The lowest BCUT2D eigenvalue weighted by Crippen LogP contribution is -2.26. The predicted molar refractivity (Wildman–Crippen MR) is 74.5 cm³/mol. The normalized spacial score (nSPS) is 14.4. The molecule has 1 amide bonds. The second kappa shape index (κ2) is 5.71. The van der Waals surface area contributed by atoms with Crippen LogP contribution in [0.25, 0.3) is 0 Å². The van der Waals surface area contributed by atoms with Crippen molar-refractivity contribution in [3.63, 3.8) is 0 Å². The van der Waals surface area contributed by atoms with Crippen molar-refractivity contribution in [2.75, 3.05) is 12.3 Å². The van der Waals surface area contributed by atoms with Crippen LogP contribution < -0.4 is 11.1 Å². The number of hydrogen-bond acceptors (Lipinski definition) is 2. The molecule has 1 aliphatic carbocycles. The molecule has 3 N–H and O–H groups in total. The van der Waals surface area contributed by atoms with Gasteiger partial charge in [-0.25, -0.2) is 0 Å². The smallest absolute Gasteiger partial charge is 0.253 e. The summed E-state index contributed by atoms with van der Waals surface area (Å²) in [7, 11) is 0. The summed E-state index contributed by atoms with van der Waals surface area (Å²) in [5, 5.41) is 2.95. The molecule has 0 unspecified atom stereocenters. The van der Waals surface area contributed by atoms with Crippen molar-refractivity contribution in [3.8, 4) is 0 Å². The first-order valence-corrected chi connectivity index (χ1v) is 6.49. The summed E-state index contributed by atoms with van der Waals surface area (Å²) in [6, 6.07) is 5.54. The average Bonchev–Trinajstić information content (AvgIpc) is 2.82. The van der Waals surface area contributed by atoms with Crippen molar-refractivity contribution in [2.45, 2.75) is 32.6 Å². The van der Waals surface area contributed by atoms with E-state index in [9.17, 15) is 4.79 Å². The molecule has 0 radical (unpaired) electrons. The van der Waals surface area contributed by atoms with Gasteiger partial charge in [0.25, 0.3) is 5.91 Å². The highest BCUT2D eigenvalue weighted by Gasteiger charge is 2.12. The number of benzene rings is 1. The zero-order chi connectivity index (χ0) is 13.0. The van der Waals surface area contributed by atoms with E-state index in [4.69, 9.17) is 5.73 Å². The molecule has 1 aliphatic rings. The van der Waals surface area contributed by atoms with Gasteiger partial charge in [0, 0.05) is 12.2 Å². The minimum absolute atomic E-state index is 0.0656. The molecule has 0 spiro atoms. The SMILES string of the molecule is Cc1cccc(N)c1C(=O)NCCC1=CCCC1. The van der Waals surface area contributed by atoms with Crippen molar-refractivity contribution in [1.82, 2.24) is 5.32 Å². The summed E-state index contributed by atoms with van der Waals surface area (Å²) in [6.07, 6.45) is 6.87. The molecule has 3 heteroatoms. The quantitative estimate of drug-likeness (QED) is 0.632. The van der Waals surface area contributed by atoms with Gasteiger partial charge >= 0.3 is 0 Å². The molecule has 2 rings (SSSR count). The van der Waals surface area contributed by atoms with Crippen LogP contribution in [0.5, 0.6) is 0 Å². The monoisotopic (exact) mass is 244 g/mol. The molecule has 0 aliphatic heterocycles. The van der Waals surface area contributed by atoms with Gasteiger partial charge in [-0.15, -0.1) is 0 Å². The van der Waals surface area contributed by atoms with E-state index < -0.39 is 0 Å². The lowest BCUT2D eigenvalue weighted by Gasteiger charge is -2.10. The second-order valence-electron chi connectivity index (χ2n) is 4.80. The van der Waals surface area contributed by atoms with E-state index in [0.717, 1.165) is 12.0 Å². The van der Waals surface area contributed by atoms with Gasteiger partial charge in [-0.1, -0.05) is 23.8 Å². The maximum Gasteiger partial charge on any atom is 0.253 e. The Morgan fingerprint density at radius 2 is 2.28 bits per heavy atom. The Kier molecular flexibility index (Phi) is 4.03. The van der Waals surface area contributed by atoms with Gasteiger partial charge in [0.05, 0.1) is 5.56 Å². The number of nitrogens with two attached hydrogens (primary N) is 1. The second-order valence-corrected chi connectivity index (χ2v) is 4.80. The standard InChI is InChI=1S/C15H20N2O/c1-11-5-4-8-13(16)14(11)15(18)17-10-9-12-6-2-3-7-12/h4-6,8H,2-3,7,9-10,16H2,1H3,(H,17,18). The lowest BCUT2D eigenvalue weighted by molar-refractivity contribution is 0.0954. The molecule has 0 atom stereocenters. The van der Waals surface area contributed by atoms with Gasteiger partial charge in [-0.05, 0) is 44.2 Å². The fraction of sp³-hybridized carbons (Fsp3) is 0.400. The maximum atomic E-state index is 12.0. The van der Waals surface area contributed by atoms with Gasteiger partial charge in [0.1, 0.15) is 0 Å². The van der Waals surface area contributed by atoms with E-state index >= 15 is 0 Å². The maximum absolute atomic E-state index is 12.0. The number of rotatable bonds is 4. The molecule has 0 bridgehead atoms. The topological polar surface area (TPSA) is 55.1 Å². The van der Waals surface area contributed by atoms with Gasteiger partial charge < -0.3 is 11.1 Å². The molecule has 96 valence electrons. The Morgan fingerprint density at radius 1 is 1.44 bits per heavy atom. The highest BCUT2D eigenvalue weighted by molar-refractivity contribution is 6.00. The molecule has 0 saturated carbocycles. The van der Waals surface area contributed by atoms with Gasteiger partial charge in [0.15, 0.2) is 0 Å². The molecule has 0 heterocycles. The highest BCUT2D eigenvalue weighted by Crippen LogP contribution is 2.20. The molecule has 0 aromatic heterocycles. The number of nitrogen functional groups attached to an aromatic ring is 1. The van der Waals surface area contributed by atoms with E-state index in [1.165, 1.54) is 24.8 Å². The zero-order valence-corrected chi connectivity index (χ0v) is 10.8. The fourth-order valence-electron chi connectivity index (χ4n) is 2.39. The largest absolute Gasteiger partial charge is 0.398 e. The third kappa shape index (κ3) is 2.92. The van der Waals surface area contributed by atoms with Crippen molar-refractivity contribution in [2.24, 2.45) is 0 Å². The fourth-order valence-corrected chi connectivity index (χ4v) is 2.39. The summed E-state index contributed by atoms with van der Waals surface area (Å²) >= 11 is 0. The Morgan fingerprint density at radius 3 is 2.94 bits per heavy atom. The summed E-state index contributed by atoms with van der Waals surface area (Å²) in [4.78, 5) is 12.0. The average molecular weight is 244 g/mol. The van der Waals surface area contributed by atoms with Crippen LogP contribution in [0.2, 0.25) is 0 Å². The van der Waals surface area contributed by atoms with E-state index in [-0.39, 0.29) is 5.91 Å². The summed E-state index contributed by atoms with van der Waals surface area (Å²) < 4.78 is 0. The molecule has 18 heavy (non-hydrogen) atoms. The Labute approximate surface area is 108 Å². The number of carbonyl (C=O) groups is 1. The molecule has 1 aromatic rings. The number of allylic oxidation sites excluding steroid dienone is 1. The van der Waals surface area contributed by atoms with Crippen LogP contribution in [0.1, 0.15) is 41.6 Å².